The van der Waals surface area contributed by atoms with Crippen molar-refractivity contribution in [3.63, 3.8) is 0 Å². The fraction of sp³-hybridized carbons (Fsp3) is 0.368. The molecule has 4 rings (SSSR count). The summed E-state index contributed by atoms with van der Waals surface area (Å²) in [5, 5.41) is 5.38. The first-order valence-corrected chi connectivity index (χ1v) is 10.2. The normalized spacial score (nSPS) is 14.5. The smallest absolute Gasteiger partial charge is 0.217 e. The average Bonchev–Trinajstić information content (AvgIpc) is 3.37. The van der Waals surface area contributed by atoms with Crippen LogP contribution in [0.3, 0.4) is 0 Å². The number of benzene rings is 1. The van der Waals surface area contributed by atoms with Gasteiger partial charge in [-0.05, 0) is 55.2 Å². The topological polar surface area (TPSA) is 40.1 Å². The number of nitrogens with zero attached hydrogens (tertiary/aromatic N) is 4. The van der Waals surface area contributed by atoms with Crippen molar-refractivity contribution >= 4 is 29.2 Å². The Kier molecular flexibility index (Phi) is 5.19. The lowest BCUT2D eigenvalue weighted by molar-refractivity contribution is 0.245. The van der Waals surface area contributed by atoms with E-state index < -0.39 is 0 Å². The predicted octanol–water partition coefficient (Wildman–Crippen LogP) is 4.36. The highest BCUT2D eigenvalue weighted by Crippen LogP contribution is 2.25. The van der Waals surface area contributed by atoms with Gasteiger partial charge in [0.15, 0.2) is 5.82 Å². The van der Waals surface area contributed by atoms with Gasteiger partial charge < -0.3 is 4.90 Å². The molecule has 5 nitrogen and oxygen atoms in total. The lowest BCUT2D eigenvalue weighted by Gasteiger charge is -2.24. The van der Waals surface area contributed by atoms with E-state index in [0.29, 0.717) is 11.4 Å². The molecule has 1 N–H and O–H groups in total. The van der Waals surface area contributed by atoms with E-state index >= 15 is 0 Å². The van der Waals surface area contributed by atoms with Crippen molar-refractivity contribution in [2.75, 3.05) is 25.0 Å². The molecule has 0 radical (unpaired) electrons. The molecule has 0 bridgehead atoms. The Balaban J connectivity index is 1.48. The molecule has 1 aromatic carbocycles. The van der Waals surface area contributed by atoms with Gasteiger partial charge in [0.1, 0.15) is 0 Å². The Labute approximate surface area is 162 Å². The second-order valence-corrected chi connectivity index (χ2v) is 8.05. The molecule has 136 valence electrons. The first-order chi connectivity index (χ1) is 12.7. The van der Waals surface area contributed by atoms with Gasteiger partial charge in [-0.3, -0.25) is 10.00 Å². The number of aromatic amines is 1. The Morgan fingerprint density at radius 3 is 2.77 bits per heavy atom. The zero-order valence-corrected chi connectivity index (χ0v) is 16.5. The van der Waals surface area contributed by atoms with E-state index in [1.54, 1.807) is 11.3 Å². The van der Waals surface area contributed by atoms with Crippen molar-refractivity contribution in [2.24, 2.45) is 0 Å². The summed E-state index contributed by atoms with van der Waals surface area (Å²) in [5.74, 6) is 0.843. The maximum Gasteiger partial charge on any atom is 0.217 e. The maximum atomic E-state index is 5.43. The first-order valence-electron chi connectivity index (χ1n) is 8.93. The van der Waals surface area contributed by atoms with E-state index in [9.17, 15) is 0 Å². The lowest BCUT2D eigenvalue weighted by Crippen LogP contribution is -2.25. The highest BCUT2D eigenvalue weighted by Gasteiger charge is 2.16. The molecule has 0 saturated carbocycles. The quantitative estimate of drug-likeness (QED) is 0.640. The standard InChI is InChI=1S/C19H23N5S2/c1-22(13-15-7-2-3-8-16(15)23-10-4-5-11-23)14-24-19(25)20-18(21-24)17-9-6-12-26-17/h2-3,6-9,12H,4-5,10-11,13-14H2,1H3,(H,20,21,25). The molecule has 1 aliphatic rings. The molecule has 2 aromatic heterocycles. The van der Waals surface area contributed by atoms with Crippen molar-refractivity contribution < 1.29 is 0 Å². The number of thiophene rings is 1. The zero-order valence-electron chi connectivity index (χ0n) is 14.9. The molecule has 0 atom stereocenters. The molecule has 3 aromatic rings. The Morgan fingerprint density at radius 1 is 1.19 bits per heavy atom. The molecule has 0 spiro atoms. The van der Waals surface area contributed by atoms with Crippen LogP contribution in [0.4, 0.5) is 5.69 Å². The molecule has 3 heterocycles. The number of para-hydroxylation sites is 1. The van der Waals surface area contributed by atoms with E-state index in [-0.39, 0.29) is 0 Å². The van der Waals surface area contributed by atoms with Crippen LogP contribution in [-0.4, -0.2) is 39.8 Å². The van der Waals surface area contributed by atoms with Crippen LogP contribution in [0.1, 0.15) is 18.4 Å². The van der Waals surface area contributed by atoms with Crippen molar-refractivity contribution in [1.82, 2.24) is 19.7 Å². The summed E-state index contributed by atoms with van der Waals surface area (Å²) in [6.07, 6.45) is 2.58. The van der Waals surface area contributed by atoms with Gasteiger partial charge in [-0.1, -0.05) is 24.3 Å². The third-order valence-corrected chi connectivity index (χ3v) is 5.88. The molecule has 0 amide bonds. The third-order valence-electron chi connectivity index (χ3n) is 4.70. The fourth-order valence-corrected chi connectivity index (χ4v) is 4.33. The lowest BCUT2D eigenvalue weighted by atomic mass is 10.1. The van der Waals surface area contributed by atoms with Crippen LogP contribution in [0, 0.1) is 4.77 Å². The summed E-state index contributed by atoms with van der Waals surface area (Å²) in [4.78, 5) is 10.4. The predicted molar refractivity (Wildman–Crippen MR) is 110 cm³/mol. The van der Waals surface area contributed by atoms with E-state index in [4.69, 9.17) is 12.2 Å². The van der Waals surface area contributed by atoms with Crippen LogP contribution in [0.15, 0.2) is 41.8 Å². The monoisotopic (exact) mass is 385 g/mol. The van der Waals surface area contributed by atoms with Gasteiger partial charge in [-0.15, -0.1) is 11.3 Å². The fourth-order valence-electron chi connectivity index (χ4n) is 3.47. The van der Waals surface area contributed by atoms with Crippen molar-refractivity contribution in [3.05, 3.63) is 52.1 Å². The zero-order chi connectivity index (χ0) is 17.9. The summed E-state index contributed by atoms with van der Waals surface area (Å²) in [6.45, 7) is 3.89. The molecule has 0 aliphatic carbocycles. The minimum absolute atomic E-state index is 0.591. The number of nitrogens with one attached hydrogen (secondary N) is 1. The van der Waals surface area contributed by atoms with Crippen LogP contribution in [-0.2, 0) is 13.2 Å². The highest BCUT2D eigenvalue weighted by atomic mass is 32.1. The van der Waals surface area contributed by atoms with Crippen molar-refractivity contribution in [2.45, 2.75) is 26.1 Å². The first kappa shape index (κ1) is 17.5. The van der Waals surface area contributed by atoms with Gasteiger partial charge in [0.25, 0.3) is 0 Å². The highest BCUT2D eigenvalue weighted by molar-refractivity contribution is 7.71. The van der Waals surface area contributed by atoms with Crippen molar-refractivity contribution in [1.29, 1.82) is 0 Å². The average molecular weight is 386 g/mol. The molecular weight excluding hydrogens is 362 g/mol. The summed E-state index contributed by atoms with van der Waals surface area (Å²) < 4.78 is 2.52. The molecule has 1 aliphatic heterocycles. The van der Waals surface area contributed by atoms with Gasteiger partial charge in [-0.2, -0.15) is 4.98 Å². The van der Waals surface area contributed by atoms with E-state index in [0.717, 1.165) is 30.3 Å². The molecule has 0 unspecified atom stereocenters. The number of H-pyrrole nitrogens is 1. The Hall–Kier alpha value is -1.96. The van der Waals surface area contributed by atoms with E-state index in [2.05, 4.69) is 57.3 Å². The second kappa shape index (κ2) is 7.73. The van der Waals surface area contributed by atoms with Crippen LogP contribution < -0.4 is 4.90 Å². The molecule has 1 fully saturated rings. The van der Waals surface area contributed by atoms with Gasteiger partial charge in [0, 0.05) is 25.3 Å². The molecule has 1 saturated heterocycles. The van der Waals surface area contributed by atoms with Crippen LogP contribution in [0.2, 0.25) is 0 Å². The van der Waals surface area contributed by atoms with Gasteiger partial charge in [0.05, 0.1) is 11.5 Å². The van der Waals surface area contributed by atoms with Gasteiger partial charge in [0.2, 0.25) is 4.77 Å². The summed E-state index contributed by atoms with van der Waals surface area (Å²) in [6, 6.07) is 12.8. The summed E-state index contributed by atoms with van der Waals surface area (Å²) in [5.41, 5.74) is 2.73. The largest absolute Gasteiger partial charge is 0.371 e. The van der Waals surface area contributed by atoms with Crippen LogP contribution in [0.25, 0.3) is 10.7 Å². The van der Waals surface area contributed by atoms with Gasteiger partial charge in [-0.25, -0.2) is 4.68 Å². The minimum atomic E-state index is 0.591. The second-order valence-electron chi connectivity index (χ2n) is 6.74. The number of hydrogen-bond donors (Lipinski definition) is 1. The Bertz CT molecular complexity index is 906. The van der Waals surface area contributed by atoms with Crippen LogP contribution in [0.5, 0.6) is 0 Å². The molecule has 7 heteroatoms. The van der Waals surface area contributed by atoms with Crippen molar-refractivity contribution in [3.8, 4) is 10.7 Å². The van der Waals surface area contributed by atoms with E-state index in [1.165, 1.54) is 24.1 Å². The summed E-state index contributed by atoms with van der Waals surface area (Å²) in [7, 11) is 2.12. The van der Waals surface area contributed by atoms with Gasteiger partial charge >= 0.3 is 0 Å². The molecular formula is C19H23N5S2. The van der Waals surface area contributed by atoms with Crippen LogP contribution >= 0.6 is 23.6 Å². The SMILES string of the molecule is CN(Cc1ccccc1N1CCCC1)Cn1[nH]c(-c2cccs2)nc1=S. The maximum absolute atomic E-state index is 5.43. The number of aromatic nitrogens is 3. The molecule has 26 heavy (non-hydrogen) atoms. The third kappa shape index (κ3) is 3.75. The number of rotatable bonds is 6. The summed E-state index contributed by atoms with van der Waals surface area (Å²) >= 11 is 7.10. The Morgan fingerprint density at radius 2 is 2.00 bits per heavy atom. The number of hydrogen-bond acceptors (Lipinski definition) is 5. The van der Waals surface area contributed by atoms with E-state index in [1.807, 2.05) is 16.1 Å². The number of anilines is 1. The minimum Gasteiger partial charge on any atom is -0.371 e.